The molecule has 1 nitrogen and oxygen atoms in total. The second kappa shape index (κ2) is 4.44. The van der Waals surface area contributed by atoms with Gasteiger partial charge in [-0.05, 0) is 43.0 Å². The average molecular weight is 245 g/mol. The highest BCUT2D eigenvalue weighted by Crippen LogP contribution is 2.44. The molecule has 1 N–H and O–H groups in total. The van der Waals surface area contributed by atoms with E-state index in [1.807, 2.05) is 11.4 Å². The molecule has 3 heteroatoms. The van der Waals surface area contributed by atoms with Crippen molar-refractivity contribution in [1.82, 2.24) is 0 Å². The van der Waals surface area contributed by atoms with Crippen LogP contribution >= 0.6 is 22.9 Å². The van der Waals surface area contributed by atoms with Crippen LogP contribution in [0.25, 0.3) is 0 Å². The van der Waals surface area contributed by atoms with E-state index in [2.05, 4.69) is 6.92 Å². The lowest BCUT2D eigenvalue weighted by atomic mass is 9.77. The summed E-state index contributed by atoms with van der Waals surface area (Å²) in [6.07, 6.45) is 5.22. The van der Waals surface area contributed by atoms with Crippen molar-refractivity contribution < 1.29 is 5.11 Å². The van der Waals surface area contributed by atoms with Gasteiger partial charge in [-0.25, -0.2) is 0 Å². The Morgan fingerprint density at radius 3 is 2.67 bits per heavy atom. The van der Waals surface area contributed by atoms with Gasteiger partial charge in [0.1, 0.15) is 5.60 Å². The topological polar surface area (TPSA) is 20.2 Å². The van der Waals surface area contributed by atoms with Crippen molar-refractivity contribution in [1.29, 1.82) is 0 Å². The molecule has 0 radical (unpaired) electrons. The lowest BCUT2D eigenvalue weighted by Gasteiger charge is -2.35. The standard InChI is InChI=1S/C12H17ClOS/c1-2-9-3-6-12(14,7-4-9)11-10(13)5-8-15-11/h5,8-9,14H,2-4,6-7H2,1H3. The van der Waals surface area contributed by atoms with Crippen LogP contribution in [0.1, 0.15) is 43.9 Å². The lowest BCUT2D eigenvalue weighted by molar-refractivity contribution is -0.0112. The Morgan fingerprint density at radius 2 is 2.20 bits per heavy atom. The summed E-state index contributed by atoms with van der Waals surface area (Å²) in [5, 5.41) is 13.2. The first kappa shape index (κ1) is 11.4. The summed E-state index contributed by atoms with van der Waals surface area (Å²) in [5.74, 6) is 0.795. The van der Waals surface area contributed by atoms with Gasteiger partial charge >= 0.3 is 0 Å². The number of halogens is 1. The van der Waals surface area contributed by atoms with Crippen LogP contribution < -0.4 is 0 Å². The minimum atomic E-state index is -0.642. The molecule has 1 aromatic rings. The van der Waals surface area contributed by atoms with Crippen LogP contribution in [0.2, 0.25) is 5.02 Å². The molecule has 0 aliphatic heterocycles. The van der Waals surface area contributed by atoms with E-state index < -0.39 is 5.60 Å². The van der Waals surface area contributed by atoms with Crippen molar-refractivity contribution in [2.45, 2.75) is 44.6 Å². The van der Waals surface area contributed by atoms with E-state index in [1.54, 1.807) is 11.3 Å². The Bertz CT molecular complexity index is 326. The van der Waals surface area contributed by atoms with Crippen molar-refractivity contribution in [2.75, 3.05) is 0 Å². The van der Waals surface area contributed by atoms with Crippen LogP contribution in [-0.4, -0.2) is 5.11 Å². The maximum atomic E-state index is 10.6. The first-order valence-electron chi connectivity index (χ1n) is 5.61. The van der Waals surface area contributed by atoms with Crippen LogP contribution in [0.5, 0.6) is 0 Å². The predicted molar refractivity (Wildman–Crippen MR) is 65.5 cm³/mol. The Kier molecular flexibility index (Phi) is 3.39. The van der Waals surface area contributed by atoms with Crippen LogP contribution in [0.15, 0.2) is 11.4 Å². The largest absolute Gasteiger partial charge is 0.384 e. The first-order chi connectivity index (χ1) is 7.15. The highest BCUT2D eigenvalue weighted by molar-refractivity contribution is 7.10. The van der Waals surface area contributed by atoms with Crippen LogP contribution in [0.4, 0.5) is 0 Å². The summed E-state index contributed by atoms with van der Waals surface area (Å²) >= 11 is 7.67. The molecule has 1 saturated carbocycles. The predicted octanol–water partition coefficient (Wildman–Crippen LogP) is 4.19. The zero-order valence-electron chi connectivity index (χ0n) is 9.00. The molecule has 0 aromatic carbocycles. The van der Waals surface area contributed by atoms with Crippen molar-refractivity contribution >= 4 is 22.9 Å². The third-order valence-corrected chi connectivity index (χ3v) is 5.08. The molecule has 1 fully saturated rings. The van der Waals surface area contributed by atoms with Gasteiger partial charge in [0.25, 0.3) is 0 Å². The molecule has 15 heavy (non-hydrogen) atoms. The van der Waals surface area contributed by atoms with E-state index in [1.165, 1.54) is 6.42 Å². The third kappa shape index (κ3) is 2.22. The molecule has 1 aliphatic rings. The van der Waals surface area contributed by atoms with Crippen LogP contribution in [-0.2, 0) is 5.60 Å². The lowest BCUT2D eigenvalue weighted by Crippen LogP contribution is -2.30. The monoisotopic (exact) mass is 244 g/mol. The number of thiophene rings is 1. The van der Waals surface area contributed by atoms with E-state index in [0.717, 1.165) is 41.5 Å². The van der Waals surface area contributed by atoms with Gasteiger partial charge in [0.2, 0.25) is 0 Å². The molecule has 0 saturated heterocycles. The third-order valence-electron chi connectivity index (χ3n) is 3.55. The summed E-state index contributed by atoms with van der Waals surface area (Å²) in [7, 11) is 0. The second-order valence-corrected chi connectivity index (χ2v) is 5.80. The van der Waals surface area contributed by atoms with E-state index >= 15 is 0 Å². The van der Waals surface area contributed by atoms with E-state index in [9.17, 15) is 5.11 Å². The summed E-state index contributed by atoms with van der Waals surface area (Å²) in [6.45, 7) is 2.23. The molecule has 0 unspecified atom stereocenters. The van der Waals surface area contributed by atoms with Gasteiger partial charge in [-0.3, -0.25) is 0 Å². The van der Waals surface area contributed by atoms with E-state index in [-0.39, 0.29) is 0 Å². The summed E-state index contributed by atoms with van der Waals surface area (Å²) in [5.41, 5.74) is -0.642. The quantitative estimate of drug-likeness (QED) is 0.827. The molecular weight excluding hydrogens is 228 g/mol. The normalized spacial score (nSPS) is 31.8. The molecule has 84 valence electrons. The second-order valence-electron chi connectivity index (χ2n) is 4.48. The Hall–Kier alpha value is -0.0500. The fourth-order valence-electron chi connectivity index (χ4n) is 2.42. The average Bonchev–Trinajstić information content (AvgIpc) is 2.66. The Morgan fingerprint density at radius 1 is 1.53 bits per heavy atom. The molecule has 2 rings (SSSR count). The molecular formula is C12H17ClOS. The van der Waals surface area contributed by atoms with Crippen molar-refractivity contribution in [3.63, 3.8) is 0 Å². The molecule has 0 spiro atoms. The van der Waals surface area contributed by atoms with Gasteiger partial charge in [0.15, 0.2) is 0 Å². The molecule has 1 aromatic heterocycles. The smallest absolute Gasteiger partial charge is 0.100 e. The zero-order chi connectivity index (χ0) is 10.9. The highest BCUT2D eigenvalue weighted by Gasteiger charge is 2.36. The first-order valence-corrected chi connectivity index (χ1v) is 6.87. The SMILES string of the molecule is CCC1CCC(O)(c2sccc2Cl)CC1. The van der Waals surface area contributed by atoms with Crippen LogP contribution in [0, 0.1) is 5.92 Å². The molecule has 1 aliphatic carbocycles. The maximum Gasteiger partial charge on any atom is 0.100 e. The van der Waals surface area contributed by atoms with Gasteiger partial charge in [-0.2, -0.15) is 0 Å². The van der Waals surface area contributed by atoms with Gasteiger partial charge in [0.05, 0.1) is 9.90 Å². The Labute approximate surface area is 100 Å². The summed E-state index contributed by atoms with van der Waals surface area (Å²) in [6, 6.07) is 1.88. The minimum absolute atomic E-state index is 0.642. The van der Waals surface area contributed by atoms with Crippen LogP contribution in [0.3, 0.4) is 0 Å². The number of aliphatic hydroxyl groups is 1. The van der Waals surface area contributed by atoms with Gasteiger partial charge in [-0.15, -0.1) is 11.3 Å². The number of rotatable bonds is 2. The molecule has 0 bridgehead atoms. The summed E-state index contributed by atoms with van der Waals surface area (Å²) in [4.78, 5) is 0.971. The molecule has 1 heterocycles. The molecule has 0 amide bonds. The highest BCUT2D eigenvalue weighted by atomic mass is 35.5. The van der Waals surface area contributed by atoms with Crippen molar-refractivity contribution in [2.24, 2.45) is 5.92 Å². The minimum Gasteiger partial charge on any atom is -0.384 e. The number of hydrogen-bond donors (Lipinski definition) is 1. The van der Waals surface area contributed by atoms with Crippen molar-refractivity contribution in [3.05, 3.63) is 21.3 Å². The van der Waals surface area contributed by atoms with Crippen molar-refractivity contribution in [3.8, 4) is 0 Å². The van der Waals surface area contributed by atoms with Gasteiger partial charge in [0, 0.05) is 0 Å². The summed E-state index contributed by atoms with van der Waals surface area (Å²) < 4.78 is 0. The maximum absolute atomic E-state index is 10.6. The fraction of sp³-hybridized carbons (Fsp3) is 0.667. The van der Waals surface area contributed by atoms with E-state index in [4.69, 9.17) is 11.6 Å². The molecule has 0 atom stereocenters. The number of hydrogen-bond acceptors (Lipinski definition) is 2. The van der Waals surface area contributed by atoms with Gasteiger partial charge in [-0.1, -0.05) is 24.9 Å². The van der Waals surface area contributed by atoms with Gasteiger partial charge < -0.3 is 5.11 Å². The fourth-order valence-corrected chi connectivity index (χ4v) is 3.81. The van der Waals surface area contributed by atoms with E-state index in [0.29, 0.717) is 0 Å². The Balaban J connectivity index is 2.13. The zero-order valence-corrected chi connectivity index (χ0v) is 10.6.